The van der Waals surface area contributed by atoms with Gasteiger partial charge in [0.1, 0.15) is 29.9 Å². The number of ether oxygens (including phenoxy) is 4. The molecular weight excluding hydrogens is 939 g/mol. The second kappa shape index (κ2) is 28.2. The van der Waals surface area contributed by atoms with Gasteiger partial charge in [0.25, 0.3) is 11.4 Å². The number of non-ortho nitro benzene ring substituents is 2. The van der Waals surface area contributed by atoms with Gasteiger partial charge in [-0.05, 0) is 97.5 Å². The molecule has 18 nitrogen and oxygen atoms in total. The summed E-state index contributed by atoms with van der Waals surface area (Å²) in [6.07, 6.45) is 18.1. The van der Waals surface area contributed by atoms with Crippen molar-refractivity contribution in [2.75, 3.05) is 33.4 Å². The van der Waals surface area contributed by atoms with E-state index < -0.39 is 45.7 Å². The Bertz CT molecular complexity index is 2360. The van der Waals surface area contributed by atoms with E-state index >= 15 is 0 Å². The Labute approximate surface area is 428 Å². The van der Waals surface area contributed by atoms with Crippen LogP contribution in [0.3, 0.4) is 0 Å². The zero-order valence-electron chi connectivity index (χ0n) is 42.3. The zero-order valence-corrected chi connectivity index (χ0v) is 42.3. The molecule has 3 aromatic carbocycles. The van der Waals surface area contributed by atoms with Crippen LogP contribution in [-0.4, -0.2) is 88.1 Å². The van der Waals surface area contributed by atoms with Gasteiger partial charge >= 0.3 is 12.2 Å². The lowest BCUT2D eigenvalue weighted by Crippen LogP contribution is -2.69. The fourth-order valence-electron chi connectivity index (χ4n) is 10.6. The molecule has 3 aliphatic rings. The molecule has 3 aromatic rings. The smallest absolute Gasteiger partial charge is 0.415 e. The van der Waals surface area contributed by atoms with Crippen LogP contribution in [0.25, 0.3) is 0 Å². The molecular formula is C55H73N5O13. The van der Waals surface area contributed by atoms with Crippen molar-refractivity contribution in [3.05, 3.63) is 122 Å². The number of fused-ring (bicyclic) bond motifs is 2. The van der Waals surface area contributed by atoms with E-state index in [0.29, 0.717) is 67.8 Å². The molecule has 0 unspecified atom stereocenters. The first-order valence-corrected chi connectivity index (χ1v) is 26.0. The molecule has 2 amide bonds. The summed E-state index contributed by atoms with van der Waals surface area (Å²) in [4.78, 5) is 57.0. The number of aliphatic hydroxyl groups excluding tert-OH is 2. The van der Waals surface area contributed by atoms with Gasteiger partial charge in [-0.3, -0.25) is 20.2 Å². The average molecular weight is 1010 g/mol. The number of carbonyl (C=O) groups is 2. The second-order valence-corrected chi connectivity index (χ2v) is 19.2. The summed E-state index contributed by atoms with van der Waals surface area (Å²) >= 11 is 0. The molecule has 0 radical (unpaired) electrons. The number of benzene rings is 3. The van der Waals surface area contributed by atoms with Crippen molar-refractivity contribution in [3.8, 4) is 17.2 Å². The van der Waals surface area contributed by atoms with Crippen molar-refractivity contribution >= 4 is 29.3 Å². The van der Waals surface area contributed by atoms with Crippen LogP contribution in [0.2, 0.25) is 0 Å². The standard InChI is InChI=1S/C55H73N5O13/c1-4-6-7-8-9-10-11-12-13-16-31-56-53(63)71-44-29-30-49-47(36-44)51-45(20-15-18-33-62)40(19-14-17-32-61)35-46-48(57-70-38-39-21-23-41(24-22-39)59(65)66)37-50(55(73-49,52(46)51)69-34-5-2)58(3)54(64)72-43-27-25-42(26-28-43)60(67)68/h5,21-30,35-36,40,45,50-52,61-62H,2,4,6-20,31-34,37-38H2,1,3H3,(H,56,63)/t40-,45+,50-,51+,52+,55+/m0/s1. The van der Waals surface area contributed by atoms with Gasteiger partial charge in [0.05, 0.1) is 28.1 Å². The van der Waals surface area contributed by atoms with Gasteiger partial charge < -0.3 is 44.2 Å². The van der Waals surface area contributed by atoms with E-state index in [1.54, 1.807) is 37.4 Å². The van der Waals surface area contributed by atoms with Gasteiger partial charge in [-0.25, -0.2) is 9.59 Å². The minimum atomic E-state index is -1.63. The maximum absolute atomic E-state index is 14.4. The summed E-state index contributed by atoms with van der Waals surface area (Å²) < 4.78 is 25.9. The third-order valence-electron chi connectivity index (χ3n) is 14.2. The minimum Gasteiger partial charge on any atom is -0.459 e. The van der Waals surface area contributed by atoms with Gasteiger partial charge in [-0.2, -0.15) is 0 Å². The summed E-state index contributed by atoms with van der Waals surface area (Å²) in [5, 5.41) is 50.4. The predicted molar refractivity (Wildman–Crippen MR) is 276 cm³/mol. The molecule has 6 rings (SSSR count). The van der Waals surface area contributed by atoms with Gasteiger partial charge in [-0.15, -0.1) is 6.58 Å². The van der Waals surface area contributed by atoms with Crippen LogP contribution in [0.1, 0.15) is 133 Å². The Morgan fingerprint density at radius 1 is 0.836 bits per heavy atom. The number of likely N-dealkylation sites (N-methyl/N-ethyl adjacent to an activating group) is 1. The first-order chi connectivity index (χ1) is 35.4. The molecule has 0 aromatic heterocycles. The summed E-state index contributed by atoms with van der Waals surface area (Å²) in [7, 11) is 1.56. The Morgan fingerprint density at radius 2 is 1.45 bits per heavy atom. The van der Waals surface area contributed by atoms with Crippen LogP contribution in [0.5, 0.6) is 17.2 Å². The van der Waals surface area contributed by atoms with E-state index in [9.17, 15) is 40.0 Å². The number of allylic oxidation sites excluding steroid dienone is 1. The lowest BCUT2D eigenvalue weighted by atomic mass is 9.55. The number of hydrogen-bond acceptors (Lipinski definition) is 14. The van der Waals surface area contributed by atoms with Crippen LogP contribution >= 0.6 is 0 Å². The van der Waals surface area contributed by atoms with Gasteiger partial charge in [0.15, 0.2) is 0 Å². The summed E-state index contributed by atoms with van der Waals surface area (Å²) in [6.45, 7) is 6.66. The number of nitrogens with one attached hydrogen (secondary N) is 1. The number of nitro groups is 2. The Balaban J connectivity index is 1.38. The van der Waals surface area contributed by atoms with E-state index in [-0.39, 0.29) is 61.8 Å². The third kappa shape index (κ3) is 14.9. The summed E-state index contributed by atoms with van der Waals surface area (Å²) in [5.74, 6) is -2.12. The van der Waals surface area contributed by atoms with Crippen molar-refractivity contribution in [1.82, 2.24) is 10.2 Å². The number of rotatable bonds is 30. The second-order valence-electron chi connectivity index (χ2n) is 19.2. The van der Waals surface area contributed by atoms with Crippen molar-refractivity contribution in [1.29, 1.82) is 0 Å². The van der Waals surface area contributed by atoms with Gasteiger partial charge in [0, 0.05) is 69.0 Å². The normalized spacial score (nSPS) is 21.2. The third-order valence-corrected chi connectivity index (χ3v) is 14.2. The molecule has 1 saturated carbocycles. The largest absolute Gasteiger partial charge is 0.459 e. The number of hydrogen-bond donors (Lipinski definition) is 3. The Kier molecular flexibility index (Phi) is 21.6. The molecule has 18 heteroatoms. The SMILES string of the molecule is C=CCO[C@@]12Oc3ccc(OC(=O)NCCCCCCCCCCCC)cc3[C@H]3[C@H](CCCCO)[C@@H](CCCCO)C=C(C(=NOCc4ccc([N+](=O)[O-])cc4)C[C@@H]1N(C)C(=O)Oc1ccc([N+](=O)[O-])cc1)[C@H]32. The highest BCUT2D eigenvalue weighted by Crippen LogP contribution is 2.62. The molecule has 73 heavy (non-hydrogen) atoms. The summed E-state index contributed by atoms with van der Waals surface area (Å²) in [5.41, 5.74) is 2.38. The quantitative estimate of drug-likeness (QED) is 0.0244. The number of carbonyl (C=O) groups excluding carboxylic acids is 2. The lowest BCUT2D eigenvalue weighted by Gasteiger charge is -2.59. The molecule has 396 valence electrons. The highest BCUT2D eigenvalue weighted by atomic mass is 16.7. The summed E-state index contributed by atoms with van der Waals surface area (Å²) in [6, 6.07) is 15.4. The molecule has 0 bridgehead atoms. The highest BCUT2D eigenvalue weighted by molar-refractivity contribution is 6.03. The topological polar surface area (TPSA) is 235 Å². The van der Waals surface area contributed by atoms with Crippen molar-refractivity contribution in [2.45, 2.75) is 140 Å². The van der Waals surface area contributed by atoms with Crippen LogP contribution in [-0.2, 0) is 16.2 Å². The molecule has 0 spiro atoms. The zero-order chi connectivity index (χ0) is 52.2. The molecule has 1 aliphatic heterocycles. The van der Waals surface area contributed by atoms with Crippen molar-refractivity contribution in [3.63, 3.8) is 0 Å². The first-order valence-electron chi connectivity index (χ1n) is 26.0. The van der Waals surface area contributed by atoms with Gasteiger partial charge in [0.2, 0.25) is 5.79 Å². The number of unbranched alkanes of at least 4 members (excludes halogenated alkanes) is 11. The fraction of sp³-hybridized carbons (Fsp3) is 0.545. The van der Waals surface area contributed by atoms with Crippen molar-refractivity contribution in [2.24, 2.45) is 22.9 Å². The lowest BCUT2D eigenvalue weighted by molar-refractivity contribution is -0.385. The molecule has 2 aliphatic carbocycles. The predicted octanol–water partition coefficient (Wildman–Crippen LogP) is 11.5. The maximum Gasteiger partial charge on any atom is 0.415 e. The maximum atomic E-state index is 14.4. The Morgan fingerprint density at radius 3 is 2.08 bits per heavy atom. The number of nitrogens with zero attached hydrogens (tertiary/aromatic N) is 4. The molecule has 6 atom stereocenters. The van der Waals surface area contributed by atoms with E-state index in [1.807, 2.05) is 6.07 Å². The Hall–Kier alpha value is -6.37. The fourth-order valence-corrected chi connectivity index (χ4v) is 10.6. The van der Waals surface area contributed by atoms with Crippen LogP contribution < -0.4 is 19.5 Å². The van der Waals surface area contributed by atoms with Crippen LogP contribution in [0.15, 0.2) is 96.2 Å². The monoisotopic (exact) mass is 1010 g/mol. The van der Waals surface area contributed by atoms with E-state index in [2.05, 4.69) is 24.9 Å². The molecule has 0 saturated heterocycles. The first kappa shape index (κ1) is 55.9. The average Bonchev–Trinajstić information content (AvgIpc) is 3.38. The van der Waals surface area contributed by atoms with Crippen LogP contribution in [0, 0.1) is 38.0 Å². The van der Waals surface area contributed by atoms with E-state index in [0.717, 1.165) is 30.4 Å². The number of oxime groups is 1. The minimum absolute atomic E-state index is 0.00202. The highest BCUT2D eigenvalue weighted by Gasteiger charge is 2.65. The molecule has 1 heterocycles. The van der Waals surface area contributed by atoms with E-state index in [1.165, 1.54) is 86.2 Å². The number of aliphatic hydroxyl groups is 2. The van der Waals surface area contributed by atoms with Crippen molar-refractivity contribution < 1.29 is 53.4 Å². The number of nitro benzene ring substituents is 2. The van der Waals surface area contributed by atoms with Crippen LogP contribution in [0.4, 0.5) is 21.0 Å². The molecule has 1 fully saturated rings. The van der Waals surface area contributed by atoms with E-state index in [4.69, 9.17) is 28.9 Å². The van der Waals surface area contributed by atoms with Gasteiger partial charge in [-0.1, -0.05) is 94.9 Å². The number of amides is 2. The molecule has 3 N–H and O–H groups in total.